The number of nitrogen functional groups attached to an aromatic ring is 2. The van der Waals surface area contributed by atoms with Crippen LogP contribution in [0.15, 0.2) is 54.6 Å². The van der Waals surface area contributed by atoms with Gasteiger partial charge in [-0.15, -0.1) is 12.4 Å². The minimum atomic E-state index is -1.18. The SMILES string of the molecule is Cl.Nc1ccc(Oc2cc(Oc3ccc(N)c(O)c3)cc(C(=O)O)c2)cc1O. The highest BCUT2D eigenvalue weighted by Gasteiger charge is 2.12. The number of hydrogen-bond acceptors (Lipinski definition) is 7. The summed E-state index contributed by atoms with van der Waals surface area (Å²) >= 11 is 0. The standard InChI is InChI=1S/C19H16N2O6.ClH/c20-15-3-1-11(8-17(15)22)26-13-5-10(19(24)25)6-14(7-13)27-12-2-4-16(21)18(23)9-12;/h1-9,22-23H,20-21H2,(H,24,25);1H. The highest BCUT2D eigenvalue weighted by molar-refractivity contribution is 5.88. The number of aromatic carboxylic acids is 1. The molecule has 0 amide bonds. The lowest BCUT2D eigenvalue weighted by atomic mass is 10.2. The predicted octanol–water partition coefficient (Wildman–Crippen LogP) is 3.97. The van der Waals surface area contributed by atoms with Crippen LogP contribution in [0.3, 0.4) is 0 Å². The second kappa shape index (κ2) is 8.28. The van der Waals surface area contributed by atoms with Crippen LogP contribution >= 0.6 is 12.4 Å². The zero-order valence-corrected chi connectivity index (χ0v) is 15.1. The molecular formula is C19H17ClN2O6. The number of rotatable bonds is 5. The Bertz CT molecular complexity index is 954. The van der Waals surface area contributed by atoms with Gasteiger partial charge in [0.05, 0.1) is 16.9 Å². The minimum Gasteiger partial charge on any atom is -0.506 e. The molecule has 0 aliphatic carbocycles. The summed E-state index contributed by atoms with van der Waals surface area (Å²) in [4.78, 5) is 11.4. The lowest BCUT2D eigenvalue weighted by Crippen LogP contribution is -1.98. The second-order valence-electron chi connectivity index (χ2n) is 5.64. The molecule has 0 aromatic heterocycles. The lowest BCUT2D eigenvalue weighted by Gasteiger charge is -2.12. The van der Waals surface area contributed by atoms with E-state index in [9.17, 15) is 20.1 Å². The summed E-state index contributed by atoms with van der Waals surface area (Å²) in [6, 6.07) is 12.7. The van der Waals surface area contributed by atoms with E-state index in [-0.39, 0.29) is 63.8 Å². The van der Waals surface area contributed by atoms with Crippen LogP contribution in [0.25, 0.3) is 0 Å². The quantitative estimate of drug-likeness (QED) is 0.317. The number of carbonyl (C=O) groups is 1. The largest absolute Gasteiger partial charge is 0.506 e. The fourth-order valence-electron chi connectivity index (χ4n) is 2.26. The minimum absolute atomic E-state index is 0. The monoisotopic (exact) mass is 404 g/mol. The first-order valence-electron chi connectivity index (χ1n) is 7.73. The van der Waals surface area contributed by atoms with Crippen molar-refractivity contribution in [2.24, 2.45) is 0 Å². The van der Waals surface area contributed by atoms with E-state index in [1.54, 1.807) is 0 Å². The number of halogens is 1. The van der Waals surface area contributed by atoms with Crippen molar-refractivity contribution < 1.29 is 29.6 Å². The molecule has 0 radical (unpaired) electrons. The van der Waals surface area contributed by atoms with E-state index in [0.29, 0.717) is 0 Å². The zero-order chi connectivity index (χ0) is 19.6. The third-order valence-corrected chi connectivity index (χ3v) is 3.60. The molecule has 3 rings (SSSR count). The number of carboxylic acid groups (broad SMARTS) is 1. The molecule has 28 heavy (non-hydrogen) atoms. The van der Waals surface area contributed by atoms with Crippen molar-refractivity contribution in [3.05, 3.63) is 60.2 Å². The number of phenols is 2. The number of nitrogens with two attached hydrogens (primary N) is 2. The van der Waals surface area contributed by atoms with Crippen LogP contribution in [0, 0.1) is 0 Å². The number of aromatic hydroxyl groups is 2. The molecule has 0 fully saturated rings. The predicted molar refractivity (Wildman–Crippen MR) is 106 cm³/mol. The third-order valence-electron chi connectivity index (χ3n) is 3.60. The smallest absolute Gasteiger partial charge is 0.335 e. The maximum absolute atomic E-state index is 11.4. The first-order valence-corrected chi connectivity index (χ1v) is 7.73. The van der Waals surface area contributed by atoms with E-state index in [4.69, 9.17) is 20.9 Å². The molecule has 0 atom stereocenters. The van der Waals surface area contributed by atoms with E-state index >= 15 is 0 Å². The van der Waals surface area contributed by atoms with Crippen LogP contribution in [0.2, 0.25) is 0 Å². The maximum atomic E-state index is 11.4. The lowest BCUT2D eigenvalue weighted by molar-refractivity contribution is 0.0696. The molecule has 3 aromatic rings. The summed E-state index contributed by atoms with van der Waals surface area (Å²) < 4.78 is 11.2. The Labute approximate surface area is 166 Å². The van der Waals surface area contributed by atoms with Crippen LogP contribution in [0.5, 0.6) is 34.5 Å². The van der Waals surface area contributed by atoms with Gasteiger partial charge in [0.1, 0.15) is 34.5 Å². The molecule has 3 aromatic carbocycles. The Morgan fingerprint density at radius 3 is 1.50 bits per heavy atom. The van der Waals surface area contributed by atoms with Crippen molar-refractivity contribution in [3.63, 3.8) is 0 Å². The third kappa shape index (κ3) is 4.68. The molecule has 146 valence electrons. The van der Waals surface area contributed by atoms with Crippen molar-refractivity contribution >= 4 is 29.8 Å². The Hall–Kier alpha value is -3.78. The van der Waals surface area contributed by atoms with Crippen molar-refractivity contribution in [1.29, 1.82) is 0 Å². The van der Waals surface area contributed by atoms with Crippen LogP contribution < -0.4 is 20.9 Å². The highest BCUT2D eigenvalue weighted by Crippen LogP contribution is 2.34. The average molecular weight is 405 g/mol. The molecule has 0 aliphatic heterocycles. The van der Waals surface area contributed by atoms with Gasteiger partial charge < -0.3 is 36.3 Å². The second-order valence-corrected chi connectivity index (χ2v) is 5.64. The number of phenolic OH excluding ortho intramolecular Hbond substituents is 2. The van der Waals surface area contributed by atoms with Crippen molar-refractivity contribution in [3.8, 4) is 34.5 Å². The summed E-state index contributed by atoms with van der Waals surface area (Å²) in [5.41, 5.74) is 11.4. The molecule has 0 saturated heterocycles. The Kier molecular flexibility index (Phi) is 6.07. The average Bonchev–Trinajstić information content (AvgIpc) is 2.61. The van der Waals surface area contributed by atoms with Crippen molar-refractivity contribution in [2.75, 3.05) is 11.5 Å². The zero-order valence-electron chi connectivity index (χ0n) is 14.3. The van der Waals surface area contributed by atoms with Gasteiger partial charge in [0.2, 0.25) is 0 Å². The number of benzene rings is 3. The first kappa shape index (κ1) is 20.5. The van der Waals surface area contributed by atoms with E-state index < -0.39 is 5.97 Å². The van der Waals surface area contributed by atoms with Crippen LogP contribution in [-0.4, -0.2) is 21.3 Å². The van der Waals surface area contributed by atoms with Crippen molar-refractivity contribution in [1.82, 2.24) is 0 Å². The fraction of sp³-hybridized carbons (Fsp3) is 0. The first-order chi connectivity index (χ1) is 12.8. The van der Waals surface area contributed by atoms with E-state index in [0.717, 1.165) is 0 Å². The summed E-state index contributed by atoms with van der Waals surface area (Å²) in [5, 5.41) is 28.6. The molecule has 8 nitrogen and oxygen atoms in total. The molecular weight excluding hydrogens is 388 g/mol. The molecule has 0 unspecified atom stereocenters. The van der Waals surface area contributed by atoms with Gasteiger partial charge in [0.25, 0.3) is 0 Å². The van der Waals surface area contributed by atoms with Gasteiger partial charge in [-0.2, -0.15) is 0 Å². The van der Waals surface area contributed by atoms with Crippen molar-refractivity contribution in [2.45, 2.75) is 0 Å². The summed E-state index contributed by atoms with van der Waals surface area (Å²) in [6.45, 7) is 0. The van der Waals surface area contributed by atoms with Gasteiger partial charge in [-0.05, 0) is 36.4 Å². The van der Waals surface area contributed by atoms with Gasteiger partial charge in [-0.25, -0.2) is 4.79 Å². The van der Waals surface area contributed by atoms with Gasteiger partial charge in [0.15, 0.2) is 0 Å². The molecule has 0 bridgehead atoms. The van der Waals surface area contributed by atoms with Gasteiger partial charge in [-0.1, -0.05) is 0 Å². The molecule has 9 heteroatoms. The highest BCUT2D eigenvalue weighted by atomic mass is 35.5. The molecule has 7 N–H and O–H groups in total. The van der Waals surface area contributed by atoms with E-state index in [1.807, 2.05) is 0 Å². The number of anilines is 2. The number of ether oxygens (including phenoxy) is 2. The molecule has 0 aliphatic rings. The van der Waals surface area contributed by atoms with Gasteiger partial charge in [-0.3, -0.25) is 0 Å². The Balaban J connectivity index is 0.00000280. The molecule has 0 heterocycles. The fourth-order valence-corrected chi connectivity index (χ4v) is 2.26. The van der Waals surface area contributed by atoms with Gasteiger partial charge in [0, 0.05) is 18.2 Å². The topological polar surface area (TPSA) is 148 Å². The Morgan fingerprint density at radius 1 is 0.714 bits per heavy atom. The normalized spacial score (nSPS) is 10.0. The molecule has 0 saturated carbocycles. The van der Waals surface area contributed by atoms with Crippen LogP contribution in [-0.2, 0) is 0 Å². The Morgan fingerprint density at radius 2 is 1.14 bits per heavy atom. The van der Waals surface area contributed by atoms with Crippen LogP contribution in [0.1, 0.15) is 10.4 Å². The number of carboxylic acids is 1. The summed E-state index contributed by atoms with van der Waals surface area (Å²) in [7, 11) is 0. The summed E-state index contributed by atoms with van der Waals surface area (Å²) in [6.07, 6.45) is 0. The van der Waals surface area contributed by atoms with E-state index in [1.165, 1.54) is 54.6 Å². The summed E-state index contributed by atoms with van der Waals surface area (Å²) in [5.74, 6) is -0.611. The maximum Gasteiger partial charge on any atom is 0.335 e. The molecule has 0 spiro atoms. The van der Waals surface area contributed by atoms with Crippen LogP contribution in [0.4, 0.5) is 11.4 Å². The number of hydrogen-bond donors (Lipinski definition) is 5. The van der Waals surface area contributed by atoms with Gasteiger partial charge >= 0.3 is 5.97 Å². The van der Waals surface area contributed by atoms with E-state index in [2.05, 4.69) is 0 Å².